The number of thiazole rings is 1. The molecule has 0 aliphatic carbocycles. The van der Waals surface area contributed by atoms with Crippen molar-refractivity contribution in [3.05, 3.63) is 30.0 Å². The fourth-order valence-electron chi connectivity index (χ4n) is 2.34. The van der Waals surface area contributed by atoms with Gasteiger partial charge in [0.2, 0.25) is 11.0 Å². The normalized spacial score (nSPS) is 10.3. The minimum Gasteiger partial charge on any atom is -0.445 e. The van der Waals surface area contributed by atoms with E-state index >= 15 is 0 Å². The van der Waals surface area contributed by atoms with E-state index in [4.69, 9.17) is 10.5 Å². The first kappa shape index (κ1) is 20.5. The van der Waals surface area contributed by atoms with Crippen LogP contribution in [-0.4, -0.2) is 30.5 Å². The van der Waals surface area contributed by atoms with Gasteiger partial charge in [0.15, 0.2) is 5.13 Å². The van der Waals surface area contributed by atoms with E-state index < -0.39 is 0 Å². The molecular weight excluding hydrogens is 366 g/mol. The Balaban J connectivity index is 2.09. The number of amides is 3. The third-order valence-electron chi connectivity index (χ3n) is 3.73. The Morgan fingerprint density at radius 1 is 1.30 bits per heavy atom. The zero-order valence-corrected chi connectivity index (χ0v) is 16.3. The average Bonchev–Trinajstić information content (AvgIpc) is 3.05. The summed E-state index contributed by atoms with van der Waals surface area (Å²) in [6, 6.07) is 4.88. The number of aromatic nitrogens is 1. The summed E-state index contributed by atoms with van der Waals surface area (Å²) in [4.78, 5) is 27.8. The molecule has 2 aromatic rings. The van der Waals surface area contributed by atoms with E-state index in [9.17, 15) is 9.59 Å². The highest BCUT2D eigenvalue weighted by Crippen LogP contribution is 2.32. The second-order valence-corrected chi connectivity index (χ2v) is 6.90. The van der Waals surface area contributed by atoms with Crippen molar-refractivity contribution in [3.63, 3.8) is 0 Å². The molecular formula is C18H25N5O3S. The predicted octanol–water partition coefficient (Wildman–Crippen LogP) is 3.12. The van der Waals surface area contributed by atoms with Crippen LogP contribution in [0.1, 0.15) is 31.7 Å². The van der Waals surface area contributed by atoms with Gasteiger partial charge in [-0.2, -0.15) is 0 Å². The zero-order chi connectivity index (χ0) is 19.6. The number of carbonyl (C=O) groups is 2. The summed E-state index contributed by atoms with van der Waals surface area (Å²) < 4.78 is 5.80. The molecule has 5 N–H and O–H groups in total. The first-order valence-corrected chi connectivity index (χ1v) is 9.61. The molecule has 27 heavy (non-hydrogen) atoms. The highest BCUT2D eigenvalue weighted by molar-refractivity contribution is 7.17. The fraction of sp³-hybridized carbons (Fsp3) is 0.389. The minimum absolute atomic E-state index is 0.119. The number of anilines is 2. The lowest BCUT2D eigenvalue weighted by Crippen LogP contribution is -2.29. The van der Waals surface area contributed by atoms with Crippen LogP contribution in [0.4, 0.5) is 15.6 Å². The van der Waals surface area contributed by atoms with E-state index in [0.717, 1.165) is 19.3 Å². The van der Waals surface area contributed by atoms with Crippen LogP contribution in [0.25, 0.3) is 0 Å². The molecule has 146 valence electrons. The molecule has 2 rings (SSSR count). The number of hydrogen-bond acceptors (Lipinski definition) is 6. The van der Waals surface area contributed by atoms with Crippen molar-refractivity contribution in [2.75, 3.05) is 24.6 Å². The largest absolute Gasteiger partial charge is 0.445 e. The van der Waals surface area contributed by atoms with Gasteiger partial charge in [-0.05, 0) is 24.6 Å². The molecule has 0 aliphatic heterocycles. The number of hydrogen-bond donors (Lipinski definition) is 4. The standard InChI is InChI=1S/C18H25N5O3S/c1-3-4-5-8-21-18(25)23-13-6-7-14(12(9-13)10-15(24)20-2)26-16-11-22-17(19)27-16/h6-7,9,11H,3-5,8,10H2,1-2H3,(H2,19,22)(H,20,24)(H2,21,23,25). The van der Waals surface area contributed by atoms with Crippen LogP contribution in [0.15, 0.2) is 24.4 Å². The first-order chi connectivity index (χ1) is 13.0. The van der Waals surface area contributed by atoms with E-state index in [2.05, 4.69) is 27.9 Å². The van der Waals surface area contributed by atoms with E-state index in [1.165, 1.54) is 17.5 Å². The number of ether oxygens (including phenoxy) is 1. The van der Waals surface area contributed by atoms with Crippen LogP contribution >= 0.6 is 11.3 Å². The van der Waals surface area contributed by atoms with E-state index in [0.29, 0.717) is 33.7 Å². The molecule has 0 radical (unpaired) electrons. The van der Waals surface area contributed by atoms with Gasteiger partial charge in [-0.1, -0.05) is 31.1 Å². The number of nitrogens with two attached hydrogens (primary N) is 1. The summed E-state index contributed by atoms with van der Waals surface area (Å²) in [7, 11) is 1.57. The number of urea groups is 1. The van der Waals surface area contributed by atoms with Gasteiger partial charge in [0.1, 0.15) is 5.75 Å². The summed E-state index contributed by atoms with van der Waals surface area (Å²) in [5, 5.41) is 9.10. The molecule has 0 spiro atoms. The van der Waals surface area contributed by atoms with Crippen LogP contribution in [0.2, 0.25) is 0 Å². The molecule has 0 fully saturated rings. The lowest BCUT2D eigenvalue weighted by molar-refractivity contribution is -0.119. The van der Waals surface area contributed by atoms with Gasteiger partial charge in [-0.25, -0.2) is 9.78 Å². The number of nitrogens with one attached hydrogen (secondary N) is 3. The number of nitrogens with zero attached hydrogens (tertiary/aromatic N) is 1. The molecule has 0 saturated carbocycles. The van der Waals surface area contributed by atoms with E-state index in [1.54, 1.807) is 25.2 Å². The van der Waals surface area contributed by atoms with Gasteiger partial charge in [-0.15, -0.1) is 0 Å². The first-order valence-electron chi connectivity index (χ1n) is 8.79. The molecule has 0 atom stereocenters. The minimum atomic E-state index is -0.277. The molecule has 1 aromatic carbocycles. The van der Waals surface area contributed by atoms with Crippen molar-refractivity contribution >= 4 is 34.1 Å². The maximum atomic E-state index is 12.0. The number of rotatable bonds is 9. The van der Waals surface area contributed by atoms with Gasteiger partial charge in [0.25, 0.3) is 0 Å². The summed E-state index contributed by atoms with van der Waals surface area (Å²) >= 11 is 1.21. The van der Waals surface area contributed by atoms with Crippen LogP contribution in [0, 0.1) is 0 Å². The highest BCUT2D eigenvalue weighted by atomic mass is 32.1. The summed E-state index contributed by atoms with van der Waals surface area (Å²) in [5.74, 6) is 0.348. The predicted molar refractivity (Wildman–Crippen MR) is 107 cm³/mol. The molecule has 3 amide bonds. The maximum absolute atomic E-state index is 12.0. The van der Waals surface area contributed by atoms with Crippen LogP contribution in [-0.2, 0) is 11.2 Å². The Labute approximate surface area is 162 Å². The number of nitrogen functional groups attached to an aromatic ring is 1. The second kappa shape index (κ2) is 10.4. The Morgan fingerprint density at radius 3 is 2.78 bits per heavy atom. The van der Waals surface area contributed by atoms with E-state index in [-0.39, 0.29) is 18.4 Å². The quantitative estimate of drug-likeness (QED) is 0.490. The average molecular weight is 391 g/mol. The smallest absolute Gasteiger partial charge is 0.319 e. The monoisotopic (exact) mass is 391 g/mol. The Morgan fingerprint density at radius 2 is 2.11 bits per heavy atom. The van der Waals surface area contributed by atoms with Crippen molar-refractivity contribution in [2.24, 2.45) is 0 Å². The molecule has 1 aromatic heterocycles. The van der Waals surface area contributed by atoms with Crippen molar-refractivity contribution in [2.45, 2.75) is 32.6 Å². The Kier molecular flexibility index (Phi) is 7.87. The van der Waals surface area contributed by atoms with Gasteiger partial charge >= 0.3 is 6.03 Å². The molecule has 0 unspecified atom stereocenters. The summed E-state index contributed by atoms with van der Waals surface area (Å²) in [6.45, 7) is 2.73. The third-order valence-corrected chi connectivity index (χ3v) is 4.43. The van der Waals surface area contributed by atoms with E-state index in [1.807, 2.05) is 0 Å². The number of benzene rings is 1. The Bertz CT molecular complexity index is 778. The van der Waals surface area contributed by atoms with Crippen LogP contribution in [0.5, 0.6) is 10.8 Å². The molecule has 8 nitrogen and oxygen atoms in total. The zero-order valence-electron chi connectivity index (χ0n) is 15.5. The van der Waals surface area contributed by atoms with Crippen molar-refractivity contribution in [1.29, 1.82) is 0 Å². The molecule has 0 bridgehead atoms. The number of likely N-dealkylation sites (N-methyl/N-ethyl adjacent to an activating group) is 1. The van der Waals surface area contributed by atoms with Crippen molar-refractivity contribution in [1.82, 2.24) is 15.6 Å². The fourth-order valence-corrected chi connectivity index (χ4v) is 2.88. The SMILES string of the molecule is CCCCCNC(=O)Nc1ccc(Oc2cnc(N)s2)c(CC(=O)NC)c1. The summed E-state index contributed by atoms with van der Waals surface area (Å²) in [5.41, 5.74) is 6.84. The highest BCUT2D eigenvalue weighted by Gasteiger charge is 2.13. The Hall–Kier alpha value is -2.81. The van der Waals surface area contributed by atoms with Gasteiger partial charge < -0.3 is 26.4 Å². The van der Waals surface area contributed by atoms with Crippen molar-refractivity contribution < 1.29 is 14.3 Å². The molecule has 0 saturated heterocycles. The molecule has 1 heterocycles. The molecule has 0 aliphatic rings. The van der Waals surface area contributed by atoms with Gasteiger partial charge in [-0.3, -0.25) is 4.79 Å². The number of carbonyl (C=O) groups excluding carboxylic acids is 2. The number of unbranched alkanes of at least 4 members (excludes halogenated alkanes) is 2. The molecule has 9 heteroatoms. The van der Waals surface area contributed by atoms with Gasteiger partial charge in [0, 0.05) is 24.8 Å². The topological polar surface area (TPSA) is 118 Å². The van der Waals surface area contributed by atoms with Crippen LogP contribution < -0.4 is 26.4 Å². The van der Waals surface area contributed by atoms with Crippen molar-refractivity contribution in [3.8, 4) is 10.8 Å². The van der Waals surface area contributed by atoms with Crippen LogP contribution in [0.3, 0.4) is 0 Å². The lowest BCUT2D eigenvalue weighted by atomic mass is 10.1. The third kappa shape index (κ3) is 6.78. The second-order valence-electron chi connectivity index (χ2n) is 5.88. The van der Waals surface area contributed by atoms with Gasteiger partial charge in [0.05, 0.1) is 12.6 Å². The lowest BCUT2D eigenvalue weighted by Gasteiger charge is -2.13. The maximum Gasteiger partial charge on any atom is 0.319 e. The summed E-state index contributed by atoms with van der Waals surface area (Å²) in [6.07, 6.45) is 4.76.